The van der Waals surface area contributed by atoms with E-state index in [1.807, 2.05) is 30.3 Å². The van der Waals surface area contributed by atoms with Gasteiger partial charge in [0.05, 0.1) is 0 Å². The van der Waals surface area contributed by atoms with Gasteiger partial charge < -0.3 is 0 Å². The molecule has 0 atom stereocenters. The van der Waals surface area contributed by atoms with E-state index in [-0.39, 0.29) is 5.89 Å². The summed E-state index contributed by atoms with van der Waals surface area (Å²) in [6, 6.07) is 9.38. The van der Waals surface area contributed by atoms with Gasteiger partial charge in [-0.15, -0.1) is 0 Å². The van der Waals surface area contributed by atoms with Crippen LogP contribution in [-0.4, -0.2) is 33.2 Å². The molecule has 0 unspecified atom stereocenters. The molecule has 2 heterocycles. The summed E-state index contributed by atoms with van der Waals surface area (Å²) in [5, 5.41) is 8.02. The molecule has 9 heteroatoms. The zero-order chi connectivity index (χ0) is 16.1. The second-order valence-electron chi connectivity index (χ2n) is 4.23. The van der Waals surface area contributed by atoms with Crippen molar-refractivity contribution >= 4 is 34.5 Å². The Bertz CT molecular complexity index is 907. The van der Waals surface area contributed by atoms with Gasteiger partial charge in [0.1, 0.15) is 0 Å². The van der Waals surface area contributed by atoms with Gasteiger partial charge in [-0.2, -0.15) is 0 Å². The Hall–Kier alpha value is -2.77. The monoisotopic (exact) mass is 367 g/mol. The van der Waals surface area contributed by atoms with Crippen molar-refractivity contribution in [2.45, 2.75) is 0 Å². The maximum atomic E-state index is 10.2. The van der Waals surface area contributed by atoms with Gasteiger partial charge in [0.2, 0.25) is 0 Å². The molecule has 0 amide bonds. The molecule has 0 radical (unpaired) electrons. The van der Waals surface area contributed by atoms with E-state index in [1.54, 1.807) is 5.94 Å². The predicted octanol–water partition coefficient (Wildman–Crippen LogP) is 1.81. The van der Waals surface area contributed by atoms with Crippen molar-refractivity contribution in [3.8, 4) is 23.0 Å². The number of benzene rings is 1. The summed E-state index contributed by atoms with van der Waals surface area (Å²) < 4.78 is 6.17. The van der Waals surface area contributed by atoms with Gasteiger partial charge in [-0.3, -0.25) is 0 Å². The van der Waals surface area contributed by atoms with Crippen LogP contribution in [0.2, 0.25) is 0 Å². The van der Waals surface area contributed by atoms with E-state index in [1.165, 1.54) is 13.3 Å². The quantitative estimate of drug-likeness (QED) is 0.515. The molecule has 0 bridgehead atoms. The molecule has 0 aliphatic heterocycles. The Labute approximate surface area is 139 Å². The molecule has 3 aromatic rings. The van der Waals surface area contributed by atoms with Crippen molar-refractivity contribution in [3.63, 3.8) is 0 Å². The van der Waals surface area contributed by atoms with Crippen LogP contribution in [0, 0.1) is 0 Å². The molecule has 7 nitrogen and oxygen atoms in total. The average Bonchev–Trinajstić information content (AvgIpc) is 3.07. The third kappa shape index (κ3) is 3.53. The number of aromatic nitrogens is 4. The molecule has 0 saturated heterocycles. The van der Waals surface area contributed by atoms with Crippen LogP contribution in [0.1, 0.15) is 0 Å². The van der Waals surface area contributed by atoms with E-state index >= 15 is 0 Å². The standard InChI is InChI=1S/C14H7BBrN5O2/c16-10-8-17-12(15-18-6-7-22)11(19-10)14-21-20-13(23-14)9-4-2-1-3-5-9/h1-6,8H. The van der Waals surface area contributed by atoms with Crippen molar-refractivity contribution in [2.75, 3.05) is 0 Å². The molecule has 0 spiro atoms. The summed E-state index contributed by atoms with van der Waals surface area (Å²) in [6.45, 7) is 0. The summed E-state index contributed by atoms with van der Waals surface area (Å²) in [5.41, 5.74) is 1.55. The number of hydrogen-bond donors (Lipinski definition) is 0. The summed E-state index contributed by atoms with van der Waals surface area (Å²) in [7, 11) is 1.37. The molecule has 0 aliphatic carbocycles. The van der Waals surface area contributed by atoms with E-state index in [9.17, 15) is 4.79 Å². The Morgan fingerprint density at radius 2 is 2.00 bits per heavy atom. The summed E-state index contributed by atoms with van der Waals surface area (Å²) in [6.07, 6.45) is 2.49. The van der Waals surface area contributed by atoms with Crippen LogP contribution in [0.4, 0.5) is 0 Å². The predicted molar refractivity (Wildman–Crippen MR) is 86.5 cm³/mol. The minimum atomic E-state index is 0.203. The van der Waals surface area contributed by atoms with Gasteiger partial charge in [-0.25, -0.2) is 0 Å². The van der Waals surface area contributed by atoms with Crippen LogP contribution in [-0.2, 0) is 4.79 Å². The Kier molecular flexibility index (Phi) is 4.61. The maximum absolute atomic E-state index is 10.2. The molecule has 0 aliphatic rings. The number of rotatable bonds is 4. The van der Waals surface area contributed by atoms with Crippen LogP contribution in [0.15, 0.2) is 56.6 Å². The van der Waals surface area contributed by atoms with E-state index in [0.29, 0.717) is 21.8 Å². The molecule has 23 heavy (non-hydrogen) atoms. The van der Waals surface area contributed by atoms with Crippen LogP contribution in [0.25, 0.3) is 23.0 Å². The van der Waals surface area contributed by atoms with E-state index in [0.717, 1.165) is 11.8 Å². The van der Waals surface area contributed by atoms with Gasteiger partial charge in [0.25, 0.3) is 0 Å². The fourth-order valence-corrected chi connectivity index (χ4v) is 2.06. The minimum absolute atomic E-state index is 0.203. The first-order valence-corrected chi connectivity index (χ1v) is 7.21. The van der Waals surface area contributed by atoms with Gasteiger partial charge in [0.15, 0.2) is 0 Å². The van der Waals surface area contributed by atoms with Crippen molar-refractivity contribution in [1.29, 1.82) is 0 Å². The van der Waals surface area contributed by atoms with Crippen LogP contribution >= 0.6 is 15.9 Å². The molecule has 0 saturated carbocycles. The molecule has 0 N–H and O–H groups in total. The van der Waals surface area contributed by atoms with Crippen molar-refractivity contribution in [1.82, 2.24) is 20.2 Å². The van der Waals surface area contributed by atoms with E-state index in [2.05, 4.69) is 41.0 Å². The van der Waals surface area contributed by atoms with Crippen LogP contribution in [0.3, 0.4) is 0 Å². The van der Waals surface area contributed by atoms with Crippen molar-refractivity contribution in [3.05, 3.63) is 47.3 Å². The van der Waals surface area contributed by atoms with Crippen LogP contribution in [0.5, 0.6) is 0 Å². The zero-order valence-electron chi connectivity index (χ0n) is 11.5. The molecule has 2 aromatic heterocycles. The van der Waals surface area contributed by atoms with Gasteiger partial charge >= 0.3 is 139 Å². The second kappa shape index (κ2) is 7.00. The first-order chi connectivity index (χ1) is 11.3. The van der Waals surface area contributed by atoms with E-state index in [4.69, 9.17) is 4.42 Å². The van der Waals surface area contributed by atoms with Crippen molar-refractivity contribution in [2.24, 2.45) is 4.90 Å². The third-order valence-corrected chi connectivity index (χ3v) is 3.13. The first-order valence-electron chi connectivity index (χ1n) is 6.42. The summed E-state index contributed by atoms with van der Waals surface area (Å²) in [5.74, 6) is 2.13. The molecule has 1 aromatic carbocycles. The molecule has 110 valence electrons. The molecule has 3 rings (SSSR count). The fraction of sp³-hybridized carbons (Fsp3) is 0. The Morgan fingerprint density at radius 1 is 1.22 bits per heavy atom. The number of halogens is 1. The Morgan fingerprint density at radius 3 is 2.78 bits per heavy atom. The average molecular weight is 368 g/mol. The van der Waals surface area contributed by atoms with Gasteiger partial charge in [-0.1, -0.05) is 0 Å². The normalized spacial score (nSPS) is 10.3. The number of carbonyl (C=O) groups excluding carboxylic acids is 1. The fourth-order valence-electron chi connectivity index (χ4n) is 1.78. The SMILES string of the molecule is O=C=CN=Bc1ncc(Br)nc1-c1nnc(-c2ccccc2)o1. The zero-order valence-corrected chi connectivity index (χ0v) is 13.1. The van der Waals surface area contributed by atoms with Gasteiger partial charge in [0, 0.05) is 0 Å². The summed E-state index contributed by atoms with van der Waals surface area (Å²) >= 11 is 3.25. The number of nitrogens with zero attached hydrogens (tertiary/aromatic N) is 5. The summed E-state index contributed by atoms with van der Waals surface area (Å²) in [4.78, 5) is 22.4. The topological polar surface area (TPSA) is 94.1 Å². The van der Waals surface area contributed by atoms with E-state index < -0.39 is 0 Å². The second-order valence-corrected chi connectivity index (χ2v) is 5.04. The molecular weight excluding hydrogens is 361 g/mol. The number of hydrogen-bond acceptors (Lipinski definition) is 7. The van der Waals surface area contributed by atoms with Crippen LogP contribution < -0.4 is 5.59 Å². The molecule has 0 fully saturated rings. The van der Waals surface area contributed by atoms with Crippen molar-refractivity contribution < 1.29 is 9.21 Å². The first kappa shape index (κ1) is 15.1. The van der Waals surface area contributed by atoms with Gasteiger partial charge in [-0.05, 0) is 0 Å². The third-order valence-electron chi connectivity index (χ3n) is 2.74. The Balaban J connectivity index is 2.03. The molecular formula is C14H7BBrN5O2.